The fourth-order valence-electron chi connectivity index (χ4n) is 1.35. The molecule has 0 radical (unpaired) electrons. The standard InChI is InChI=1S/C8H10N4S/c1-2-11-3-4-12-7(11)5-6(9)10-8(12)13/h3-5H,2H2,1H3,(H2,9,10,13). The lowest BCUT2D eigenvalue weighted by molar-refractivity contribution is 0.788. The number of imidazole rings is 1. The highest BCUT2D eigenvalue weighted by molar-refractivity contribution is 7.71. The Morgan fingerprint density at radius 1 is 1.54 bits per heavy atom. The normalized spacial score (nSPS) is 10.8. The van der Waals surface area contributed by atoms with Crippen LogP contribution in [0, 0.1) is 4.77 Å². The monoisotopic (exact) mass is 194 g/mol. The Hall–Kier alpha value is -1.36. The van der Waals surface area contributed by atoms with Crippen LogP contribution in [0.15, 0.2) is 18.5 Å². The molecule has 2 heterocycles. The predicted molar refractivity (Wildman–Crippen MR) is 54.1 cm³/mol. The summed E-state index contributed by atoms with van der Waals surface area (Å²) in [7, 11) is 0. The second-order valence-electron chi connectivity index (χ2n) is 2.78. The Labute approximate surface area is 80.6 Å². The molecule has 5 heteroatoms. The first-order valence-electron chi connectivity index (χ1n) is 4.06. The lowest BCUT2D eigenvalue weighted by atomic mass is 10.5. The highest BCUT2D eigenvalue weighted by atomic mass is 32.1. The van der Waals surface area contributed by atoms with E-state index < -0.39 is 0 Å². The van der Waals surface area contributed by atoms with Gasteiger partial charge in [-0.3, -0.25) is 4.40 Å². The molecule has 0 amide bonds. The van der Waals surface area contributed by atoms with Gasteiger partial charge in [-0.2, -0.15) is 0 Å². The number of fused-ring (bicyclic) bond motifs is 1. The molecule has 0 spiro atoms. The number of anilines is 1. The molecule has 4 nitrogen and oxygen atoms in total. The van der Waals surface area contributed by atoms with Crippen LogP contribution in [0.5, 0.6) is 0 Å². The van der Waals surface area contributed by atoms with Gasteiger partial charge in [0.25, 0.3) is 0 Å². The topological polar surface area (TPSA) is 48.2 Å². The van der Waals surface area contributed by atoms with Crippen LogP contribution in [0.2, 0.25) is 0 Å². The molecule has 0 fully saturated rings. The molecule has 0 unspecified atom stereocenters. The van der Waals surface area contributed by atoms with E-state index in [-0.39, 0.29) is 0 Å². The summed E-state index contributed by atoms with van der Waals surface area (Å²) in [5.41, 5.74) is 6.59. The fourth-order valence-corrected chi connectivity index (χ4v) is 1.61. The van der Waals surface area contributed by atoms with E-state index in [1.807, 2.05) is 22.9 Å². The number of nitrogens with two attached hydrogens (primary N) is 1. The van der Waals surface area contributed by atoms with Crippen LogP contribution in [-0.2, 0) is 6.54 Å². The molecule has 0 aliphatic rings. The number of aromatic nitrogens is 3. The van der Waals surface area contributed by atoms with Crippen LogP contribution in [0.25, 0.3) is 5.65 Å². The minimum atomic E-state index is 0.471. The number of aryl methyl sites for hydroxylation is 1. The van der Waals surface area contributed by atoms with Gasteiger partial charge in [0.05, 0.1) is 0 Å². The molecule has 0 saturated heterocycles. The molecule has 0 aliphatic heterocycles. The van der Waals surface area contributed by atoms with E-state index in [1.165, 1.54) is 0 Å². The molecule has 2 aromatic rings. The first kappa shape index (κ1) is 8.25. The summed E-state index contributed by atoms with van der Waals surface area (Å²) >= 11 is 5.06. The Bertz CT molecular complexity index is 496. The van der Waals surface area contributed by atoms with Gasteiger partial charge in [-0.05, 0) is 19.1 Å². The summed E-state index contributed by atoms with van der Waals surface area (Å²) in [5, 5.41) is 0. The maximum absolute atomic E-state index is 5.60. The van der Waals surface area contributed by atoms with Crippen LogP contribution in [0.4, 0.5) is 5.82 Å². The summed E-state index contributed by atoms with van der Waals surface area (Å²) < 4.78 is 4.41. The minimum absolute atomic E-state index is 0.471. The van der Waals surface area contributed by atoms with Crippen molar-refractivity contribution in [3.8, 4) is 0 Å². The van der Waals surface area contributed by atoms with E-state index in [4.69, 9.17) is 18.0 Å². The second kappa shape index (κ2) is 2.85. The van der Waals surface area contributed by atoms with Crippen molar-refractivity contribution in [3.05, 3.63) is 23.2 Å². The summed E-state index contributed by atoms with van der Waals surface area (Å²) in [4.78, 5) is 3.99. The zero-order valence-electron chi connectivity index (χ0n) is 7.27. The Morgan fingerprint density at radius 2 is 2.31 bits per heavy atom. The minimum Gasteiger partial charge on any atom is -0.383 e. The van der Waals surface area contributed by atoms with Crippen molar-refractivity contribution in [2.24, 2.45) is 0 Å². The molecular weight excluding hydrogens is 184 g/mol. The molecule has 2 rings (SSSR count). The third-order valence-corrected chi connectivity index (χ3v) is 2.27. The van der Waals surface area contributed by atoms with Gasteiger partial charge >= 0.3 is 0 Å². The largest absolute Gasteiger partial charge is 0.383 e. The number of nitrogens with zero attached hydrogens (tertiary/aromatic N) is 3. The highest BCUT2D eigenvalue weighted by Crippen LogP contribution is 2.08. The summed E-state index contributed by atoms with van der Waals surface area (Å²) in [6, 6.07) is 1.82. The van der Waals surface area contributed by atoms with Gasteiger partial charge in [-0.1, -0.05) is 0 Å². The van der Waals surface area contributed by atoms with Crippen molar-refractivity contribution < 1.29 is 0 Å². The van der Waals surface area contributed by atoms with Crippen LogP contribution >= 0.6 is 12.2 Å². The van der Waals surface area contributed by atoms with E-state index in [1.54, 1.807) is 0 Å². The maximum Gasteiger partial charge on any atom is 0.207 e. The van der Waals surface area contributed by atoms with Crippen molar-refractivity contribution in [2.45, 2.75) is 13.5 Å². The molecule has 0 atom stereocenters. The van der Waals surface area contributed by atoms with Crippen molar-refractivity contribution in [1.82, 2.24) is 14.0 Å². The Kier molecular flexibility index (Phi) is 1.81. The Morgan fingerprint density at radius 3 is 3.00 bits per heavy atom. The van der Waals surface area contributed by atoms with Gasteiger partial charge in [0.1, 0.15) is 11.5 Å². The van der Waals surface area contributed by atoms with Crippen molar-refractivity contribution in [2.75, 3.05) is 5.73 Å². The number of rotatable bonds is 1. The number of hydrogen-bond acceptors (Lipinski definition) is 3. The lowest BCUT2D eigenvalue weighted by Gasteiger charge is -2.00. The summed E-state index contributed by atoms with van der Waals surface area (Å²) in [6.45, 7) is 2.97. The molecule has 0 bridgehead atoms. The molecular formula is C8H10N4S. The van der Waals surface area contributed by atoms with E-state index in [0.29, 0.717) is 10.6 Å². The van der Waals surface area contributed by atoms with Gasteiger partial charge in [-0.15, -0.1) is 0 Å². The highest BCUT2D eigenvalue weighted by Gasteiger charge is 2.00. The molecule has 0 aromatic carbocycles. The van der Waals surface area contributed by atoms with Gasteiger partial charge < -0.3 is 10.3 Å². The molecule has 13 heavy (non-hydrogen) atoms. The Balaban J connectivity index is 2.90. The molecule has 2 N–H and O–H groups in total. The van der Waals surface area contributed by atoms with Crippen LogP contribution in [0.3, 0.4) is 0 Å². The van der Waals surface area contributed by atoms with E-state index in [2.05, 4.69) is 16.5 Å². The van der Waals surface area contributed by atoms with Gasteiger partial charge in [-0.25, -0.2) is 4.98 Å². The molecule has 68 valence electrons. The third-order valence-electron chi connectivity index (χ3n) is 1.99. The maximum atomic E-state index is 5.60. The van der Waals surface area contributed by atoms with Gasteiger partial charge in [0.2, 0.25) is 4.77 Å². The average Bonchev–Trinajstić information content (AvgIpc) is 2.47. The van der Waals surface area contributed by atoms with Crippen LogP contribution in [0.1, 0.15) is 6.92 Å². The van der Waals surface area contributed by atoms with Gasteiger partial charge in [0.15, 0.2) is 0 Å². The summed E-state index contributed by atoms with van der Waals surface area (Å²) in [6.07, 6.45) is 3.86. The SMILES string of the molecule is CCn1ccn2c(=S)nc(N)cc12. The zero-order chi connectivity index (χ0) is 9.42. The fraction of sp³-hybridized carbons (Fsp3) is 0.250. The second-order valence-corrected chi connectivity index (χ2v) is 3.14. The van der Waals surface area contributed by atoms with E-state index >= 15 is 0 Å². The first-order chi connectivity index (χ1) is 6.22. The third kappa shape index (κ3) is 1.21. The van der Waals surface area contributed by atoms with E-state index in [0.717, 1.165) is 12.2 Å². The average molecular weight is 194 g/mol. The quantitative estimate of drug-likeness (QED) is 0.699. The van der Waals surface area contributed by atoms with Crippen molar-refractivity contribution >= 4 is 23.7 Å². The number of nitrogen functional groups attached to an aromatic ring is 1. The molecule has 0 saturated carbocycles. The summed E-state index contributed by atoms with van der Waals surface area (Å²) in [5.74, 6) is 0.471. The predicted octanol–water partition coefficient (Wildman–Crippen LogP) is 1.47. The molecule has 2 aromatic heterocycles. The first-order valence-corrected chi connectivity index (χ1v) is 4.47. The van der Waals surface area contributed by atoms with Crippen LogP contribution in [-0.4, -0.2) is 14.0 Å². The van der Waals surface area contributed by atoms with E-state index in [9.17, 15) is 0 Å². The van der Waals surface area contributed by atoms with Crippen LogP contribution < -0.4 is 5.73 Å². The van der Waals surface area contributed by atoms with Crippen molar-refractivity contribution in [1.29, 1.82) is 0 Å². The smallest absolute Gasteiger partial charge is 0.207 e. The lowest BCUT2D eigenvalue weighted by Crippen LogP contribution is -1.99. The van der Waals surface area contributed by atoms with Gasteiger partial charge in [0, 0.05) is 25.0 Å². The van der Waals surface area contributed by atoms with Crippen molar-refractivity contribution in [3.63, 3.8) is 0 Å². The number of hydrogen-bond donors (Lipinski definition) is 1. The molecule has 0 aliphatic carbocycles. The zero-order valence-corrected chi connectivity index (χ0v) is 8.08.